The molecule has 0 bridgehead atoms. The summed E-state index contributed by atoms with van der Waals surface area (Å²) < 4.78 is 0.895. The van der Waals surface area contributed by atoms with Crippen LogP contribution in [0.5, 0.6) is 0 Å². The minimum absolute atomic E-state index is 0.171. The molecule has 0 fully saturated rings. The smallest absolute Gasteiger partial charge is 0.201 e. The van der Waals surface area contributed by atoms with Crippen molar-refractivity contribution in [2.24, 2.45) is 10.8 Å². The van der Waals surface area contributed by atoms with Crippen LogP contribution in [0.1, 0.15) is 0 Å². The number of nitrogens with one attached hydrogen (secondary N) is 2. The van der Waals surface area contributed by atoms with E-state index < -0.39 is 0 Å². The largest absolute Gasteiger partial charge is 0.382 e. The maximum absolute atomic E-state index is 8.63. The summed E-state index contributed by atoms with van der Waals surface area (Å²) in [6.07, 6.45) is 0. The lowest BCUT2D eigenvalue weighted by Gasteiger charge is -2.04. The van der Waals surface area contributed by atoms with E-state index in [0.29, 0.717) is 10.7 Å². The Morgan fingerprint density at radius 1 is 1.62 bits per heavy atom. The van der Waals surface area contributed by atoms with Gasteiger partial charge < -0.3 is 5.73 Å². The number of benzene rings is 1. The fourth-order valence-corrected chi connectivity index (χ4v) is 1.47. The predicted molar refractivity (Wildman–Crippen MR) is 72.8 cm³/mol. The lowest BCUT2D eigenvalue weighted by molar-refractivity contribution is 1.32. The number of halogens is 2. The van der Waals surface area contributed by atoms with Gasteiger partial charge in [0, 0.05) is 8.59 Å². The van der Waals surface area contributed by atoms with Gasteiger partial charge in [0.1, 0.15) is 6.07 Å². The fourth-order valence-electron chi connectivity index (χ4n) is 0.845. The number of amidine groups is 1. The van der Waals surface area contributed by atoms with Gasteiger partial charge in [-0.05, 0) is 40.8 Å². The SMILES string of the molecule is N#C/C(=N\Nc1cc(Cl)ccc1I)C(=N)N. The van der Waals surface area contributed by atoms with Crippen molar-refractivity contribution in [2.45, 2.75) is 0 Å². The molecule has 1 rings (SSSR count). The first kappa shape index (κ1) is 12.7. The van der Waals surface area contributed by atoms with Crippen molar-refractivity contribution in [3.05, 3.63) is 26.8 Å². The van der Waals surface area contributed by atoms with Gasteiger partial charge in [0.25, 0.3) is 0 Å². The highest BCUT2D eigenvalue weighted by molar-refractivity contribution is 14.1. The molecule has 0 amide bonds. The molecule has 16 heavy (non-hydrogen) atoms. The normalized spacial score (nSPS) is 10.7. The first-order valence-electron chi connectivity index (χ1n) is 4.08. The number of hydrazone groups is 1. The van der Waals surface area contributed by atoms with Gasteiger partial charge >= 0.3 is 0 Å². The van der Waals surface area contributed by atoms with Crippen molar-refractivity contribution >= 4 is 51.4 Å². The van der Waals surface area contributed by atoms with Gasteiger partial charge in [0.15, 0.2) is 5.84 Å². The third kappa shape index (κ3) is 3.36. The summed E-state index contributed by atoms with van der Waals surface area (Å²) in [5.41, 5.74) is 8.26. The zero-order valence-corrected chi connectivity index (χ0v) is 10.9. The number of hydrogen-bond acceptors (Lipinski definition) is 4. The predicted octanol–water partition coefficient (Wildman–Crippen LogP) is 2.17. The summed E-state index contributed by atoms with van der Waals surface area (Å²) >= 11 is 7.90. The van der Waals surface area contributed by atoms with Crippen LogP contribution in [0.15, 0.2) is 23.3 Å². The third-order valence-electron chi connectivity index (χ3n) is 1.58. The van der Waals surface area contributed by atoms with Crippen molar-refractivity contribution in [1.29, 1.82) is 10.7 Å². The molecule has 0 spiro atoms. The van der Waals surface area contributed by atoms with Crippen LogP contribution in [-0.4, -0.2) is 11.5 Å². The molecule has 82 valence electrons. The van der Waals surface area contributed by atoms with Gasteiger partial charge in [-0.1, -0.05) is 11.6 Å². The molecule has 0 aliphatic rings. The van der Waals surface area contributed by atoms with E-state index in [1.165, 1.54) is 0 Å². The van der Waals surface area contributed by atoms with E-state index >= 15 is 0 Å². The molecular formula is C9H7ClIN5. The Bertz CT molecular complexity index is 491. The molecule has 0 heterocycles. The molecule has 0 aromatic heterocycles. The van der Waals surface area contributed by atoms with Crippen LogP contribution in [0.2, 0.25) is 5.02 Å². The van der Waals surface area contributed by atoms with Crippen LogP contribution >= 0.6 is 34.2 Å². The topological polar surface area (TPSA) is 98.0 Å². The molecule has 7 heteroatoms. The Hall–Kier alpha value is -1.33. The molecule has 4 N–H and O–H groups in total. The Morgan fingerprint density at radius 3 is 2.88 bits per heavy atom. The van der Waals surface area contributed by atoms with Crippen LogP contribution in [-0.2, 0) is 0 Å². The summed E-state index contributed by atoms with van der Waals surface area (Å²) in [4.78, 5) is 0. The van der Waals surface area contributed by atoms with Gasteiger partial charge in [-0.25, -0.2) is 0 Å². The van der Waals surface area contributed by atoms with Crippen LogP contribution < -0.4 is 11.2 Å². The lowest BCUT2D eigenvalue weighted by atomic mass is 10.3. The van der Waals surface area contributed by atoms with Crippen molar-refractivity contribution in [3.8, 4) is 6.07 Å². The zero-order chi connectivity index (χ0) is 12.1. The van der Waals surface area contributed by atoms with Crippen LogP contribution in [0.25, 0.3) is 0 Å². The summed E-state index contributed by atoms with van der Waals surface area (Å²) in [5.74, 6) is -0.382. The summed E-state index contributed by atoms with van der Waals surface area (Å²) in [7, 11) is 0. The number of hydrogen-bond donors (Lipinski definition) is 3. The van der Waals surface area contributed by atoms with E-state index in [1.54, 1.807) is 24.3 Å². The lowest BCUT2D eigenvalue weighted by Crippen LogP contribution is -2.21. The first-order chi connectivity index (χ1) is 7.54. The summed E-state index contributed by atoms with van der Waals surface area (Å²) in [6.45, 7) is 0. The van der Waals surface area contributed by atoms with E-state index in [-0.39, 0.29) is 11.5 Å². The number of nitrogens with zero attached hydrogens (tertiary/aromatic N) is 2. The summed E-state index contributed by atoms with van der Waals surface area (Å²) in [5, 5.41) is 20.0. The van der Waals surface area contributed by atoms with Crippen molar-refractivity contribution in [2.75, 3.05) is 5.43 Å². The maximum Gasteiger partial charge on any atom is 0.201 e. The highest BCUT2D eigenvalue weighted by Gasteiger charge is 2.03. The van der Waals surface area contributed by atoms with Crippen LogP contribution in [0, 0.1) is 20.3 Å². The molecule has 0 atom stereocenters. The van der Waals surface area contributed by atoms with Gasteiger partial charge in [-0.3, -0.25) is 10.8 Å². The molecule has 1 aromatic rings. The first-order valence-corrected chi connectivity index (χ1v) is 5.53. The third-order valence-corrected chi connectivity index (χ3v) is 2.75. The number of rotatable bonds is 3. The van der Waals surface area contributed by atoms with Gasteiger partial charge in [-0.2, -0.15) is 10.4 Å². The molecule has 0 aliphatic carbocycles. The summed E-state index contributed by atoms with van der Waals surface area (Å²) in [6, 6.07) is 6.93. The minimum atomic E-state index is -0.382. The zero-order valence-electron chi connectivity index (χ0n) is 7.96. The monoisotopic (exact) mass is 347 g/mol. The number of nitrogens with two attached hydrogens (primary N) is 1. The molecule has 0 unspecified atom stereocenters. The Balaban J connectivity index is 2.94. The minimum Gasteiger partial charge on any atom is -0.382 e. The second-order valence-corrected chi connectivity index (χ2v) is 4.32. The highest BCUT2D eigenvalue weighted by atomic mass is 127. The number of anilines is 1. The van der Waals surface area contributed by atoms with Gasteiger partial charge in [0.2, 0.25) is 5.71 Å². The molecule has 0 saturated heterocycles. The molecular weight excluding hydrogens is 340 g/mol. The van der Waals surface area contributed by atoms with Crippen molar-refractivity contribution in [3.63, 3.8) is 0 Å². The van der Waals surface area contributed by atoms with E-state index in [2.05, 4.69) is 33.1 Å². The molecule has 0 radical (unpaired) electrons. The Morgan fingerprint density at radius 2 is 2.31 bits per heavy atom. The highest BCUT2D eigenvalue weighted by Crippen LogP contribution is 2.22. The van der Waals surface area contributed by atoms with Crippen LogP contribution in [0.3, 0.4) is 0 Å². The Labute approximate surface area is 111 Å². The molecule has 0 saturated carbocycles. The second kappa shape index (κ2) is 5.67. The average Bonchev–Trinajstić information content (AvgIpc) is 2.23. The Kier molecular flexibility index (Phi) is 4.52. The van der Waals surface area contributed by atoms with Crippen LogP contribution in [0.4, 0.5) is 5.69 Å². The fraction of sp³-hybridized carbons (Fsp3) is 0. The van der Waals surface area contributed by atoms with E-state index in [0.717, 1.165) is 3.57 Å². The van der Waals surface area contributed by atoms with E-state index in [9.17, 15) is 0 Å². The molecule has 0 aliphatic heterocycles. The van der Waals surface area contributed by atoms with Gasteiger partial charge in [-0.15, -0.1) is 0 Å². The van der Waals surface area contributed by atoms with E-state index in [1.807, 2.05) is 0 Å². The van der Waals surface area contributed by atoms with E-state index in [4.69, 9.17) is 28.0 Å². The van der Waals surface area contributed by atoms with Crippen molar-refractivity contribution < 1.29 is 0 Å². The number of nitriles is 1. The average molecular weight is 348 g/mol. The second-order valence-electron chi connectivity index (χ2n) is 2.72. The molecule has 1 aromatic carbocycles. The van der Waals surface area contributed by atoms with Gasteiger partial charge in [0.05, 0.1) is 5.69 Å². The quantitative estimate of drug-likeness (QED) is 0.338. The maximum atomic E-state index is 8.63. The molecule has 5 nitrogen and oxygen atoms in total. The van der Waals surface area contributed by atoms with Crippen molar-refractivity contribution in [1.82, 2.24) is 0 Å². The standard InChI is InChI=1S/C9H7ClIN5/c10-5-1-2-6(11)7(3-5)15-16-8(4-12)9(13)14/h1-3,15H,(H3,13,14)/b16-8+.